The molecule has 3 aliphatic heterocycles. The number of β-lactam (4-membered cyclic amide) rings is 1. The Kier molecular flexibility index (Phi) is 6.43. The number of amides is 1. The number of likely N-dealkylation sites (tertiary alicyclic amines) is 1. The highest BCUT2D eigenvalue weighted by Crippen LogP contribution is 2.51. The van der Waals surface area contributed by atoms with Gasteiger partial charge in [-0.3, -0.25) is 4.79 Å². The van der Waals surface area contributed by atoms with Crippen LogP contribution >= 0.6 is 12.2 Å². The topological polar surface area (TPSA) is 85.1 Å². The number of thiocarbonyl (C=S) groups is 1. The van der Waals surface area contributed by atoms with Crippen LogP contribution in [0.2, 0.25) is 18.1 Å². The van der Waals surface area contributed by atoms with Crippen molar-refractivity contribution in [3.63, 3.8) is 0 Å². The van der Waals surface area contributed by atoms with Crippen molar-refractivity contribution >= 4 is 37.5 Å². The van der Waals surface area contributed by atoms with Crippen LogP contribution < -0.4 is 5.73 Å². The Morgan fingerprint density at radius 2 is 2.06 bits per heavy atom. The molecule has 0 radical (unpaired) electrons. The van der Waals surface area contributed by atoms with Crippen LogP contribution in [0.25, 0.3) is 0 Å². The molecule has 0 spiro atoms. The first-order valence-electron chi connectivity index (χ1n) is 10.9. The second-order valence-corrected chi connectivity index (χ2v) is 15.4. The van der Waals surface area contributed by atoms with E-state index in [1.54, 1.807) is 4.90 Å². The maximum atomic E-state index is 13.3. The zero-order valence-corrected chi connectivity index (χ0v) is 21.3. The Labute approximate surface area is 191 Å². The summed E-state index contributed by atoms with van der Waals surface area (Å²) in [6, 6.07) is -0.0814. The fourth-order valence-electron chi connectivity index (χ4n) is 4.69. The summed E-state index contributed by atoms with van der Waals surface area (Å²) in [6.45, 7) is 17.8. The lowest BCUT2D eigenvalue weighted by molar-refractivity contribution is -0.163. The van der Waals surface area contributed by atoms with Gasteiger partial charge in [-0.05, 0) is 49.3 Å². The van der Waals surface area contributed by atoms with E-state index in [0.29, 0.717) is 23.9 Å². The lowest BCUT2D eigenvalue weighted by Crippen LogP contribution is -2.65. The fourth-order valence-corrected chi connectivity index (χ4v) is 6.27. The molecule has 0 bridgehead atoms. The van der Waals surface area contributed by atoms with Crippen LogP contribution in [0.4, 0.5) is 0 Å². The predicted octanol–water partition coefficient (Wildman–Crippen LogP) is 2.79. The Balaban J connectivity index is 1.89. The number of piperidine rings is 1. The number of esters is 1. The molecule has 2 saturated heterocycles. The average Bonchev–Trinajstić information content (AvgIpc) is 2.94. The monoisotopic (exact) mass is 465 g/mol. The van der Waals surface area contributed by atoms with Crippen LogP contribution in [-0.4, -0.2) is 66.9 Å². The van der Waals surface area contributed by atoms with E-state index in [1.807, 2.05) is 11.8 Å². The zero-order valence-electron chi connectivity index (χ0n) is 19.4. The van der Waals surface area contributed by atoms with Gasteiger partial charge >= 0.3 is 5.97 Å². The van der Waals surface area contributed by atoms with Crippen molar-refractivity contribution in [1.29, 1.82) is 0 Å². The maximum Gasteiger partial charge on any atom is 0.355 e. The molecule has 0 aromatic carbocycles. The zero-order chi connectivity index (χ0) is 23.3. The summed E-state index contributed by atoms with van der Waals surface area (Å²) in [5, 5.41) is 0.353. The van der Waals surface area contributed by atoms with Crippen molar-refractivity contribution in [1.82, 2.24) is 9.80 Å². The normalized spacial score (nSPS) is 26.8. The van der Waals surface area contributed by atoms with Crippen LogP contribution in [-0.2, 0) is 18.8 Å². The number of nitrogens with zero attached hydrogens (tertiary/aromatic N) is 2. The minimum absolute atomic E-state index is 0.0502. The van der Waals surface area contributed by atoms with Crippen molar-refractivity contribution < 1.29 is 18.8 Å². The van der Waals surface area contributed by atoms with Gasteiger partial charge in [0, 0.05) is 19.0 Å². The van der Waals surface area contributed by atoms with Crippen molar-refractivity contribution in [2.24, 2.45) is 17.6 Å². The van der Waals surface area contributed by atoms with Gasteiger partial charge in [-0.15, -0.1) is 0 Å². The Hall–Kier alpha value is -1.71. The number of ether oxygens (including phenoxy) is 1. The van der Waals surface area contributed by atoms with Crippen LogP contribution in [0.1, 0.15) is 34.1 Å². The van der Waals surface area contributed by atoms with Crippen molar-refractivity contribution in [2.75, 3.05) is 19.7 Å². The second kappa shape index (κ2) is 8.33. The second-order valence-electron chi connectivity index (χ2n) is 10.2. The summed E-state index contributed by atoms with van der Waals surface area (Å²) in [5.74, 6) is -0.734. The van der Waals surface area contributed by atoms with Crippen molar-refractivity contribution in [3.8, 4) is 0 Å². The smallest absolute Gasteiger partial charge is 0.355 e. The lowest BCUT2D eigenvalue weighted by atomic mass is 9.74. The van der Waals surface area contributed by atoms with Gasteiger partial charge in [0.15, 0.2) is 13.4 Å². The third-order valence-corrected chi connectivity index (χ3v) is 12.1. The van der Waals surface area contributed by atoms with E-state index in [1.165, 1.54) is 6.08 Å². The molecule has 1 amide bonds. The molecule has 3 aliphatic rings. The van der Waals surface area contributed by atoms with E-state index in [9.17, 15) is 9.59 Å². The highest BCUT2D eigenvalue weighted by atomic mass is 32.1. The van der Waals surface area contributed by atoms with E-state index < -0.39 is 14.3 Å². The van der Waals surface area contributed by atoms with Crippen LogP contribution in [0.15, 0.2) is 23.9 Å². The Morgan fingerprint density at radius 1 is 1.42 bits per heavy atom. The molecular formula is C22H35N3O4SSi. The molecular weight excluding hydrogens is 430 g/mol. The van der Waals surface area contributed by atoms with Gasteiger partial charge in [0.1, 0.15) is 12.3 Å². The molecule has 2 fully saturated rings. The summed E-state index contributed by atoms with van der Waals surface area (Å²) in [4.78, 5) is 29.7. The molecule has 0 unspecified atom stereocenters. The van der Waals surface area contributed by atoms with E-state index in [4.69, 9.17) is 27.1 Å². The van der Waals surface area contributed by atoms with E-state index in [2.05, 4.69) is 40.4 Å². The lowest BCUT2D eigenvalue weighted by Gasteiger charge is -2.51. The molecule has 3 rings (SSSR count). The largest absolute Gasteiger partial charge is 0.457 e. The quantitative estimate of drug-likeness (QED) is 0.212. The van der Waals surface area contributed by atoms with Crippen molar-refractivity contribution in [2.45, 2.75) is 64.4 Å². The number of rotatable bonds is 6. The molecule has 172 valence electrons. The molecule has 3 heterocycles. The van der Waals surface area contributed by atoms with E-state index in [-0.39, 0.29) is 41.5 Å². The molecule has 0 aliphatic carbocycles. The summed E-state index contributed by atoms with van der Waals surface area (Å²) < 4.78 is 11.9. The first-order valence-corrected chi connectivity index (χ1v) is 14.2. The minimum Gasteiger partial charge on any atom is -0.457 e. The highest BCUT2D eigenvalue weighted by molar-refractivity contribution is 7.80. The van der Waals surface area contributed by atoms with Gasteiger partial charge < -0.3 is 24.7 Å². The van der Waals surface area contributed by atoms with Crippen molar-refractivity contribution in [3.05, 3.63) is 23.9 Å². The SMILES string of the molecule is C=CCOC(=O)C1=C2CN(C(N)=S)CC[C@@H]2[C@@H]2[C@@H]([C@@H](C)O[Si](C)(C)C(C)(C)C)C(=O)N12. The summed E-state index contributed by atoms with van der Waals surface area (Å²) in [7, 11) is -2.04. The standard InChI is InChI=1S/C22H35N3O4SSi/c1-8-11-28-20(27)18-15-12-24(21(23)30)10-9-14(15)17-16(19(26)25(17)18)13(2)29-31(6,7)22(3,4)5/h8,13-14,16-17H,1,9-12H2,2-7H3,(H2,23,30)/t13-,14+,16-,17-/m1/s1. The molecule has 4 atom stereocenters. The molecule has 0 saturated carbocycles. The van der Waals surface area contributed by atoms with E-state index in [0.717, 1.165) is 12.0 Å². The number of nitrogens with two attached hydrogens (primary N) is 1. The van der Waals surface area contributed by atoms with Gasteiger partial charge in [0.2, 0.25) is 5.91 Å². The van der Waals surface area contributed by atoms with Gasteiger partial charge in [0.25, 0.3) is 0 Å². The third-order valence-electron chi connectivity index (χ3n) is 7.29. The number of hydrogen-bond donors (Lipinski definition) is 1. The summed E-state index contributed by atoms with van der Waals surface area (Å²) >= 11 is 5.16. The first kappa shape index (κ1) is 23.9. The fraction of sp³-hybridized carbons (Fsp3) is 0.682. The number of fused-ring (bicyclic) bond motifs is 3. The van der Waals surface area contributed by atoms with E-state index >= 15 is 0 Å². The highest BCUT2D eigenvalue weighted by Gasteiger charge is 2.62. The molecule has 0 aromatic rings. The average molecular weight is 466 g/mol. The van der Waals surface area contributed by atoms with Gasteiger partial charge in [-0.1, -0.05) is 33.4 Å². The molecule has 9 heteroatoms. The minimum atomic E-state index is -2.04. The Bertz CT molecular complexity index is 835. The molecule has 31 heavy (non-hydrogen) atoms. The molecule has 2 N–H and O–H groups in total. The predicted molar refractivity (Wildman–Crippen MR) is 127 cm³/mol. The summed E-state index contributed by atoms with van der Waals surface area (Å²) in [6.07, 6.45) is 2.08. The maximum absolute atomic E-state index is 13.3. The van der Waals surface area contributed by atoms with Gasteiger partial charge in [-0.25, -0.2) is 4.79 Å². The first-order chi connectivity index (χ1) is 14.3. The van der Waals surface area contributed by atoms with Gasteiger partial charge in [-0.2, -0.15) is 0 Å². The third kappa shape index (κ3) is 4.07. The number of carbonyl (C=O) groups is 2. The molecule has 0 aromatic heterocycles. The van der Waals surface area contributed by atoms with Gasteiger partial charge in [0.05, 0.1) is 18.1 Å². The van der Waals surface area contributed by atoms with Crippen LogP contribution in [0.5, 0.6) is 0 Å². The molecule has 7 nitrogen and oxygen atoms in total. The van der Waals surface area contributed by atoms with Crippen LogP contribution in [0, 0.1) is 11.8 Å². The summed E-state index contributed by atoms with van der Waals surface area (Å²) in [5.41, 5.74) is 7.12. The van der Waals surface area contributed by atoms with Crippen LogP contribution in [0.3, 0.4) is 0 Å². The number of hydrogen-bond acceptors (Lipinski definition) is 5. The Morgan fingerprint density at radius 3 is 2.61 bits per heavy atom. The number of carbonyl (C=O) groups excluding carboxylic acids is 2.